The molecule has 2 aliphatic rings. The van der Waals surface area contributed by atoms with E-state index in [2.05, 4.69) is 5.32 Å². The van der Waals surface area contributed by atoms with Crippen LogP contribution in [0.3, 0.4) is 0 Å². The van der Waals surface area contributed by atoms with Crippen LogP contribution in [0.25, 0.3) is 0 Å². The van der Waals surface area contributed by atoms with Crippen LogP contribution in [0.2, 0.25) is 0 Å². The van der Waals surface area contributed by atoms with Gasteiger partial charge in [-0.05, 0) is 38.0 Å². The summed E-state index contributed by atoms with van der Waals surface area (Å²) in [6.07, 6.45) is 3.50. The van der Waals surface area contributed by atoms with E-state index in [1.807, 2.05) is 12.2 Å². The number of ether oxygens (including phenoxy) is 1. The number of halogens is 1. The molecule has 3 atom stereocenters. The third kappa shape index (κ3) is 4.05. The van der Waals surface area contributed by atoms with Crippen LogP contribution in [0.5, 0.6) is 0 Å². The van der Waals surface area contributed by atoms with Crippen molar-refractivity contribution in [3.8, 4) is 0 Å². The smallest absolute Gasteiger partial charge is 0.326 e. The molecule has 3 rings (SSSR count). The molecule has 0 bridgehead atoms. The lowest BCUT2D eigenvalue weighted by molar-refractivity contribution is -0.158. The Hall–Kier alpha value is -3.03. The zero-order valence-electron chi connectivity index (χ0n) is 14.7. The number of hydrogen-bond acceptors (Lipinski definition) is 5. The molecule has 1 aliphatic carbocycles. The molecule has 0 saturated carbocycles. The van der Waals surface area contributed by atoms with Gasteiger partial charge in [0.2, 0.25) is 11.8 Å². The summed E-state index contributed by atoms with van der Waals surface area (Å²) in [6, 6.07) is 5.29. The quantitative estimate of drug-likeness (QED) is 0.481. The van der Waals surface area contributed by atoms with Crippen LogP contribution >= 0.6 is 0 Å². The highest BCUT2D eigenvalue weighted by Gasteiger charge is 2.47. The van der Waals surface area contributed by atoms with E-state index in [9.17, 15) is 23.6 Å². The predicted octanol–water partition coefficient (Wildman–Crippen LogP) is 1.65. The lowest BCUT2D eigenvalue weighted by Crippen LogP contribution is -2.39. The number of carbonyl (C=O) groups is 4. The van der Waals surface area contributed by atoms with Crippen molar-refractivity contribution in [3.05, 3.63) is 42.2 Å². The summed E-state index contributed by atoms with van der Waals surface area (Å²) in [6.45, 7) is 0.825. The van der Waals surface area contributed by atoms with E-state index in [1.165, 1.54) is 25.1 Å². The fraction of sp³-hybridized carbons (Fsp3) is 0.368. The van der Waals surface area contributed by atoms with Gasteiger partial charge < -0.3 is 10.1 Å². The molecule has 1 saturated heterocycles. The number of esters is 1. The molecule has 1 fully saturated rings. The van der Waals surface area contributed by atoms with Gasteiger partial charge >= 0.3 is 5.97 Å². The number of carbonyl (C=O) groups excluding carboxylic acids is 4. The van der Waals surface area contributed by atoms with E-state index >= 15 is 0 Å². The molecule has 7 nitrogen and oxygen atoms in total. The number of nitrogens with zero attached hydrogens (tertiary/aromatic N) is 1. The highest BCUT2D eigenvalue weighted by Crippen LogP contribution is 2.34. The Kier molecular flexibility index (Phi) is 5.34. The van der Waals surface area contributed by atoms with Crippen LogP contribution in [0, 0.1) is 17.7 Å². The first-order chi connectivity index (χ1) is 12.9. The predicted molar refractivity (Wildman–Crippen MR) is 92.7 cm³/mol. The van der Waals surface area contributed by atoms with E-state index in [-0.39, 0.29) is 17.5 Å². The van der Waals surface area contributed by atoms with Crippen molar-refractivity contribution in [2.75, 3.05) is 11.9 Å². The summed E-state index contributed by atoms with van der Waals surface area (Å²) >= 11 is 0. The lowest BCUT2D eigenvalue weighted by Gasteiger charge is -2.17. The third-order valence-electron chi connectivity index (χ3n) is 4.66. The largest absolute Gasteiger partial charge is 0.451 e. The van der Waals surface area contributed by atoms with E-state index in [0.29, 0.717) is 12.8 Å². The monoisotopic (exact) mass is 374 g/mol. The number of benzene rings is 1. The van der Waals surface area contributed by atoms with Gasteiger partial charge in [0.25, 0.3) is 5.91 Å². The van der Waals surface area contributed by atoms with E-state index in [4.69, 9.17) is 4.74 Å². The summed E-state index contributed by atoms with van der Waals surface area (Å²) in [5.74, 6) is -3.64. The molecule has 0 aromatic heterocycles. The number of rotatable bonds is 5. The second kappa shape index (κ2) is 7.69. The standard InChI is InChI=1S/C19H19FN2O5/c1-11(17(24)21-13-6-4-5-12(20)9-13)27-16(23)10-22-18(25)14-7-2-3-8-15(14)19(22)26/h2-6,9,11,14-15H,7-8,10H2,1H3,(H,21,24)/t11-,14+,15+/m1/s1. The molecule has 0 spiro atoms. The van der Waals surface area contributed by atoms with Crippen molar-refractivity contribution in [1.29, 1.82) is 0 Å². The summed E-state index contributed by atoms with van der Waals surface area (Å²) in [7, 11) is 0. The van der Waals surface area contributed by atoms with E-state index < -0.39 is 42.2 Å². The lowest BCUT2D eigenvalue weighted by atomic mass is 9.85. The minimum atomic E-state index is -1.17. The second-order valence-electron chi connectivity index (χ2n) is 6.55. The first-order valence-corrected chi connectivity index (χ1v) is 8.63. The SMILES string of the molecule is C[C@@H](OC(=O)CN1C(=O)[C@H]2CC=CC[C@@H]2C1=O)C(=O)Nc1cccc(F)c1. The highest BCUT2D eigenvalue weighted by atomic mass is 19.1. The van der Waals surface area contributed by atoms with Crippen LogP contribution < -0.4 is 5.32 Å². The molecule has 1 aliphatic heterocycles. The second-order valence-corrected chi connectivity index (χ2v) is 6.55. The molecule has 0 radical (unpaired) electrons. The zero-order valence-corrected chi connectivity index (χ0v) is 14.7. The van der Waals surface area contributed by atoms with Gasteiger partial charge in [-0.2, -0.15) is 0 Å². The molecular formula is C19H19FN2O5. The first kappa shape index (κ1) is 18.8. The number of imide groups is 1. The number of amides is 3. The van der Waals surface area contributed by atoms with Crippen molar-refractivity contribution >= 4 is 29.4 Å². The summed E-state index contributed by atoms with van der Waals surface area (Å²) < 4.78 is 18.2. The molecule has 8 heteroatoms. The number of likely N-dealkylation sites (tertiary alicyclic amines) is 1. The maximum absolute atomic E-state index is 13.1. The maximum Gasteiger partial charge on any atom is 0.326 e. The summed E-state index contributed by atoms with van der Waals surface area (Å²) in [4.78, 5) is 49.7. The Labute approximate surface area is 155 Å². The Morgan fingerprint density at radius 2 is 1.85 bits per heavy atom. The van der Waals surface area contributed by atoms with Gasteiger partial charge in [-0.1, -0.05) is 18.2 Å². The minimum Gasteiger partial charge on any atom is -0.451 e. The van der Waals surface area contributed by atoms with Crippen molar-refractivity contribution in [3.63, 3.8) is 0 Å². The fourth-order valence-corrected chi connectivity index (χ4v) is 3.25. The molecule has 0 unspecified atom stereocenters. The maximum atomic E-state index is 13.1. The van der Waals surface area contributed by atoms with Crippen molar-refractivity contribution in [2.24, 2.45) is 11.8 Å². The Morgan fingerprint density at radius 1 is 1.22 bits per heavy atom. The Balaban J connectivity index is 1.55. The molecular weight excluding hydrogens is 355 g/mol. The molecule has 3 amide bonds. The first-order valence-electron chi connectivity index (χ1n) is 8.63. The topological polar surface area (TPSA) is 92.8 Å². The number of hydrogen-bond donors (Lipinski definition) is 1. The van der Waals surface area contributed by atoms with E-state index in [1.54, 1.807) is 0 Å². The number of nitrogens with one attached hydrogen (secondary N) is 1. The summed E-state index contributed by atoms with van der Waals surface area (Å²) in [5.41, 5.74) is 0.226. The molecule has 1 aromatic carbocycles. The van der Waals surface area contributed by atoms with Gasteiger partial charge in [-0.15, -0.1) is 0 Å². The normalized spacial score (nSPS) is 22.4. The fourth-order valence-electron chi connectivity index (χ4n) is 3.25. The van der Waals surface area contributed by atoms with Crippen LogP contribution in [-0.4, -0.2) is 41.2 Å². The summed E-state index contributed by atoms with van der Waals surface area (Å²) in [5, 5.41) is 2.43. The van der Waals surface area contributed by atoms with Gasteiger partial charge in [-0.3, -0.25) is 24.1 Å². The number of allylic oxidation sites excluding steroid dienone is 2. The van der Waals surface area contributed by atoms with Crippen molar-refractivity contribution < 1.29 is 28.3 Å². The average molecular weight is 374 g/mol. The Bertz CT molecular complexity index is 796. The van der Waals surface area contributed by atoms with Gasteiger partial charge in [0.15, 0.2) is 6.10 Å². The van der Waals surface area contributed by atoms with Crippen LogP contribution in [0.4, 0.5) is 10.1 Å². The van der Waals surface area contributed by atoms with E-state index in [0.717, 1.165) is 11.0 Å². The average Bonchev–Trinajstić information content (AvgIpc) is 2.87. The number of fused-ring (bicyclic) bond motifs is 1. The van der Waals surface area contributed by atoms with Crippen LogP contribution in [0.15, 0.2) is 36.4 Å². The minimum absolute atomic E-state index is 0.226. The molecule has 1 aromatic rings. The third-order valence-corrected chi connectivity index (χ3v) is 4.66. The molecule has 142 valence electrons. The van der Waals surface area contributed by atoms with Gasteiger partial charge in [-0.25, -0.2) is 4.39 Å². The van der Waals surface area contributed by atoms with Crippen molar-refractivity contribution in [1.82, 2.24) is 4.90 Å². The molecule has 1 N–H and O–H groups in total. The number of anilines is 1. The molecule has 1 heterocycles. The van der Waals surface area contributed by atoms with Crippen molar-refractivity contribution in [2.45, 2.75) is 25.9 Å². The van der Waals surface area contributed by atoms with Gasteiger partial charge in [0, 0.05) is 5.69 Å². The zero-order chi connectivity index (χ0) is 19.6. The molecule has 27 heavy (non-hydrogen) atoms. The highest BCUT2D eigenvalue weighted by molar-refractivity contribution is 6.07. The van der Waals surface area contributed by atoms with Gasteiger partial charge in [0.05, 0.1) is 11.8 Å². The Morgan fingerprint density at radius 3 is 2.44 bits per heavy atom. The van der Waals surface area contributed by atoms with Crippen LogP contribution in [-0.2, 0) is 23.9 Å². The van der Waals surface area contributed by atoms with Crippen LogP contribution in [0.1, 0.15) is 19.8 Å². The van der Waals surface area contributed by atoms with Gasteiger partial charge in [0.1, 0.15) is 12.4 Å².